The van der Waals surface area contributed by atoms with Crippen molar-refractivity contribution >= 4 is 23.4 Å². The van der Waals surface area contributed by atoms with E-state index in [1.54, 1.807) is 18.2 Å². The Morgan fingerprint density at radius 2 is 2.22 bits per heavy atom. The Morgan fingerprint density at radius 1 is 1.33 bits per heavy atom. The minimum absolute atomic E-state index is 0.108. The van der Waals surface area contributed by atoms with Gasteiger partial charge in [0, 0.05) is 24.8 Å². The number of hydrogen-bond acceptors (Lipinski definition) is 7. The monoisotopic (exact) mass is 390 g/mol. The van der Waals surface area contributed by atoms with E-state index < -0.39 is 0 Å². The summed E-state index contributed by atoms with van der Waals surface area (Å²) in [6.45, 7) is 3.82. The number of carbonyl (C=O) groups excluding carboxylic acids is 1. The van der Waals surface area contributed by atoms with E-state index in [4.69, 9.17) is 14.2 Å². The molecule has 1 aromatic heterocycles. The van der Waals surface area contributed by atoms with E-state index in [1.807, 2.05) is 0 Å². The third-order valence-corrected chi connectivity index (χ3v) is 5.48. The van der Waals surface area contributed by atoms with Crippen molar-refractivity contribution < 1.29 is 19.0 Å². The molecule has 2 aliphatic heterocycles. The van der Waals surface area contributed by atoms with Crippen LogP contribution in [0.4, 0.5) is 5.69 Å². The molecule has 1 N–H and O–H groups in total. The summed E-state index contributed by atoms with van der Waals surface area (Å²) in [4.78, 5) is 12.3. The van der Waals surface area contributed by atoms with Crippen LogP contribution in [0.15, 0.2) is 23.4 Å². The molecule has 0 radical (unpaired) electrons. The molecule has 1 amide bonds. The van der Waals surface area contributed by atoms with Crippen molar-refractivity contribution in [1.82, 2.24) is 14.8 Å². The van der Waals surface area contributed by atoms with E-state index in [2.05, 4.69) is 27.0 Å². The second-order valence-electron chi connectivity index (χ2n) is 6.40. The number of hydrogen-bond donors (Lipinski definition) is 1. The number of ether oxygens (including phenoxy) is 3. The standard InChI is InChI=1S/C18H22N4O4S/c1-2-16-20-21-18(22(16)9-13-4-3-7-24-13)27-10-17(23)19-12-5-6-14-15(8-12)26-11-25-14/h5-6,8,13H,2-4,7,9-11H2,1H3,(H,19,23)/t13-/m0/s1. The predicted molar refractivity (Wildman–Crippen MR) is 100 cm³/mol. The molecule has 1 saturated heterocycles. The molecular formula is C18H22N4O4S. The third-order valence-electron chi connectivity index (χ3n) is 4.51. The summed E-state index contributed by atoms with van der Waals surface area (Å²) in [5.74, 6) is 2.40. The molecule has 0 saturated carbocycles. The molecule has 2 aromatic rings. The van der Waals surface area contributed by atoms with Crippen LogP contribution in [0.2, 0.25) is 0 Å². The van der Waals surface area contributed by atoms with Crippen molar-refractivity contribution in [2.75, 3.05) is 24.5 Å². The Morgan fingerprint density at radius 3 is 3.04 bits per heavy atom. The van der Waals surface area contributed by atoms with Crippen LogP contribution >= 0.6 is 11.8 Å². The zero-order valence-corrected chi connectivity index (χ0v) is 16.0. The number of carbonyl (C=O) groups is 1. The lowest BCUT2D eigenvalue weighted by Crippen LogP contribution is -2.19. The van der Waals surface area contributed by atoms with Gasteiger partial charge in [0.05, 0.1) is 18.4 Å². The fraction of sp³-hybridized carbons (Fsp3) is 0.500. The lowest BCUT2D eigenvalue weighted by Gasteiger charge is -2.14. The summed E-state index contributed by atoms with van der Waals surface area (Å²) in [6.07, 6.45) is 3.14. The topological polar surface area (TPSA) is 87.5 Å². The average Bonchev–Trinajstić information content (AvgIpc) is 3.41. The van der Waals surface area contributed by atoms with Crippen LogP contribution in [0.1, 0.15) is 25.6 Å². The molecule has 144 valence electrons. The molecule has 1 fully saturated rings. The van der Waals surface area contributed by atoms with Crippen LogP contribution in [0.25, 0.3) is 0 Å². The van der Waals surface area contributed by atoms with Crippen molar-refractivity contribution in [3.05, 3.63) is 24.0 Å². The van der Waals surface area contributed by atoms with Crippen molar-refractivity contribution in [1.29, 1.82) is 0 Å². The first kappa shape index (κ1) is 18.1. The zero-order valence-electron chi connectivity index (χ0n) is 15.1. The van der Waals surface area contributed by atoms with E-state index in [0.29, 0.717) is 17.2 Å². The third kappa shape index (κ3) is 4.19. The number of nitrogens with one attached hydrogen (secondary N) is 1. The number of thioether (sulfide) groups is 1. The van der Waals surface area contributed by atoms with E-state index in [1.165, 1.54) is 11.8 Å². The van der Waals surface area contributed by atoms with Crippen LogP contribution in [0, 0.1) is 0 Å². The highest BCUT2D eigenvalue weighted by Crippen LogP contribution is 2.34. The highest BCUT2D eigenvalue weighted by Gasteiger charge is 2.21. The molecule has 1 aromatic carbocycles. The van der Waals surface area contributed by atoms with Crippen molar-refractivity contribution in [2.24, 2.45) is 0 Å². The smallest absolute Gasteiger partial charge is 0.234 e. The van der Waals surface area contributed by atoms with E-state index in [9.17, 15) is 4.79 Å². The summed E-state index contributed by atoms with van der Waals surface area (Å²) in [6, 6.07) is 5.35. The molecule has 4 rings (SSSR count). The van der Waals surface area contributed by atoms with Crippen LogP contribution in [0.5, 0.6) is 11.5 Å². The van der Waals surface area contributed by atoms with Gasteiger partial charge in [-0.2, -0.15) is 0 Å². The van der Waals surface area contributed by atoms with E-state index >= 15 is 0 Å². The number of anilines is 1. The predicted octanol–water partition coefficient (Wildman–Crippen LogP) is 2.48. The number of nitrogens with zero attached hydrogens (tertiary/aromatic N) is 3. The van der Waals surface area contributed by atoms with E-state index in [0.717, 1.165) is 43.4 Å². The fourth-order valence-electron chi connectivity index (χ4n) is 3.16. The number of fused-ring (bicyclic) bond motifs is 1. The Bertz CT molecular complexity index is 820. The van der Waals surface area contributed by atoms with Crippen LogP contribution in [-0.4, -0.2) is 45.9 Å². The first-order valence-electron chi connectivity index (χ1n) is 9.09. The van der Waals surface area contributed by atoms with Gasteiger partial charge in [-0.05, 0) is 25.0 Å². The molecule has 9 heteroatoms. The number of aromatic nitrogens is 3. The maximum absolute atomic E-state index is 12.3. The van der Waals surface area contributed by atoms with Crippen LogP contribution in [0.3, 0.4) is 0 Å². The number of rotatable bonds is 7. The van der Waals surface area contributed by atoms with Crippen molar-refractivity contribution in [3.63, 3.8) is 0 Å². The number of aryl methyl sites for hydroxylation is 1. The Balaban J connectivity index is 1.36. The lowest BCUT2D eigenvalue weighted by molar-refractivity contribution is -0.113. The lowest BCUT2D eigenvalue weighted by atomic mass is 10.2. The number of amides is 1. The van der Waals surface area contributed by atoms with Crippen LogP contribution in [-0.2, 0) is 22.5 Å². The quantitative estimate of drug-likeness (QED) is 0.727. The minimum atomic E-state index is -0.108. The molecule has 0 bridgehead atoms. The molecule has 0 aliphatic carbocycles. The van der Waals surface area contributed by atoms with Gasteiger partial charge in [0.25, 0.3) is 0 Å². The largest absolute Gasteiger partial charge is 0.454 e. The second kappa shape index (κ2) is 8.18. The van der Waals surface area contributed by atoms with E-state index in [-0.39, 0.29) is 24.6 Å². The van der Waals surface area contributed by atoms with Crippen molar-refractivity contribution in [3.8, 4) is 11.5 Å². The molecule has 1 atom stereocenters. The van der Waals surface area contributed by atoms with Gasteiger partial charge in [0.2, 0.25) is 12.7 Å². The van der Waals surface area contributed by atoms with Gasteiger partial charge in [-0.1, -0.05) is 18.7 Å². The molecule has 2 aliphatic rings. The zero-order chi connectivity index (χ0) is 18.6. The van der Waals surface area contributed by atoms with Gasteiger partial charge in [0.1, 0.15) is 5.82 Å². The maximum atomic E-state index is 12.3. The highest BCUT2D eigenvalue weighted by molar-refractivity contribution is 7.99. The first-order chi connectivity index (χ1) is 13.2. The van der Waals surface area contributed by atoms with Gasteiger partial charge in [-0.15, -0.1) is 10.2 Å². The minimum Gasteiger partial charge on any atom is -0.454 e. The Labute approximate surface area is 161 Å². The van der Waals surface area contributed by atoms with Gasteiger partial charge in [0.15, 0.2) is 16.7 Å². The summed E-state index contributed by atoms with van der Waals surface area (Å²) >= 11 is 1.39. The molecule has 3 heterocycles. The first-order valence-corrected chi connectivity index (χ1v) is 10.1. The molecule has 0 spiro atoms. The summed E-state index contributed by atoms with van der Waals surface area (Å²) in [5.41, 5.74) is 0.680. The SMILES string of the molecule is CCc1nnc(SCC(=O)Nc2ccc3c(c2)OCO3)n1C[C@@H]1CCCO1. The van der Waals surface area contributed by atoms with Crippen LogP contribution < -0.4 is 14.8 Å². The normalized spacial score (nSPS) is 18.0. The van der Waals surface area contributed by atoms with Gasteiger partial charge < -0.3 is 24.1 Å². The van der Waals surface area contributed by atoms with Gasteiger partial charge >= 0.3 is 0 Å². The highest BCUT2D eigenvalue weighted by atomic mass is 32.2. The van der Waals surface area contributed by atoms with Gasteiger partial charge in [-0.3, -0.25) is 4.79 Å². The Hall–Kier alpha value is -2.26. The average molecular weight is 390 g/mol. The van der Waals surface area contributed by atoms with Crippen molar-refractivity contribution in [2.45, 2.75) is 44.0 Å². The molecular weight excluding hydrogens is 368 g/mol. The summed E-state index contributed by atoms with van der Waals surface area (Å²) in [7, 11) is 0. The molecule has 0 unspecified atom stereocenters. The second-order valence-corrected chi connectivity index (χ2v) is 7.35. The summed E-state index contributed by atoms with van der Waals surface area (Å²) < 4.78 is 18.4. The maximum Gasteiger partial charge on any atom is 0.234 e. The molecule has 27 heavy (non-hydrogen) atoms. The summed E-state index contributed by atoms with van der Waals surface area (Å²) in [5, 5.41) is 12.1. The fourth-order valence-corrected chi connectivity index (χ4v) is 3.93. The number of benzene rings is 1. The van der Waals surface area contributed by atoms with Gasteiger partial charge in [-0.25, -0.2) is 0 Å². The molecule has 8 nitrogen and oxygen atoms in total. The Kier molecular flexibility index (Phi) is 5.49.